The summed E-state index contributed by atoms with van der Waals surface area (Å²) in [6.07, 6.45) is 0. The minimum absolute atomic E-state index is 0.00332. The molecule has 1 amide bonds. The second-order valence-corrected chi connectivity index (χ2v) is 5.27. The van der Waals surface area contributed by atoms with Crippen LogP contribution >= 0.6 is 0 Å². The van der Waals surface area contributed by atoms with Gasteiger partial charge in [-0.3, -0.25) is 9.89 Å². The van der Waals surface area contributed by atoms with E-state index < -0.39 is 0 Å². The van der Waals surface area contributed by atoms with Gasteiger partial charge in [-0.15, -0.1) is 0 Å². The predicted molar refractivity (Wildman–Crippen MR) is 93.2 cm³/mol. The van der Waals surface area contributed by atoms with Crippen LogP contribution in [-0.2, 0) is 9.53 Å². The first-order valence-electron chi connectivity index (χ1n) is 7.71. The Hall–Kier alpha value is -2.86. The molecule has 0 fully saturated rings. The highest BCUT2D eigenvalue weighted by Gasteiger charge is 2.10. The first-order chi connectivity index (χ1) is 11.7. The van der Waals surface area contributed by atoms with Gasteiger partial charge < -0.3 is 14.8 Å². The van der Waals surface area contributed by atoms with Crippen LogP contribution in [0.4, 0.5) is 5.82 Å². The number of carbonyl (C=O) groups is 1. The lowest BCUT2D eigenvalue weighted by molar-refractivity contribution is -0.119. The molecule has 6 nitrogen and oxygen atoms in total. The summed E-state index contributed by atoms with van der Waals surface area (Å²) < 4.78 is 10.4. The number of methoxy groups -OCH3 is 1. The number of aromatic amines is 1. The van der Waals surface area contributed by atoms with Gasteiger partial charge in [0.1, 0.15) is 12.4 Å². The lowest BCUT2D eigenvalue weighted by Crippen LogP contribution is -2.17. The van der Waals surface area contributed by atoms with Crippen molar-refractivity contribution in [2.24, 2.45) is 0 Å². The van der Waals surface area contributed by atoms with E-state index in [-0.39, 0.29) is 12.5 Å². The van der Waals surface area contributed by atoms with Gasteiger partial charge >= 0.3 is 0 Å². The molecule has 0 saturated heterocycles. The number of hydrogen-bond donors (Lipinski definition) is 2. The minimum Gasteiger partial charge on any atom is -0.494 e. The molecular formula is C18H19N3O3. The van der Waals surface area contributed by atoms with Crippen molar-refractivity contribution >= 4 is 22.6 Å². The van der Waals surface area contributed by atoms with Gasteiger partial charge in [0.15, 0.2) is 5.82 Å². The molecule has 0 aliphatic heterocycles. The molecule has 0 radical (unpaired) electrons. The molecule has 0 unspecified atom stereocenters. The number of H-pyrrole nitrogens is 1. The molecule has 0 saturated carbocycles. The SMILES string of the molecule is CCOc1cccc(-c2ccc3c(NC(=O)COC)n[nH]c3c2)c1. The molecule has 0 aliphatic carbocycles. The number of nitrogens with zero attached hydrogens (tertiary/aromatic N) is 1. The van der Waals surface area contributed by atoms with Gasteiger partial charge in [-0.25, -0.2) is 0 Å². The van der Waals surface area contributed by atoms with Crippen LogP contribution in [0, 0.1) is 0 Å². The van der Waals surface area contributed by atoms with Crippen molar-refractivity contribution in [3.63, 3.8) is 0 Å². The van der Waals surface area contributed by atoms with Crippen molar-refractivity contribution in [3.8, 4) is 16.9 Å². The quantitative estimate of drug-likeness (QED) is 0.729. The number of benzene rings is 2. The average Bonchev–Trinajstić information content (AvgIpc) is 2.98. The third-order valence-electron chi connectivity index (χ3n) is 3.57. The molecule has 1 aromatic heterocycles. The van der Waals surface area contributed by atoms with Crippen LogP contribution < -0.4 is 10.1 Å². The normalized spacial score (nSPS) is 10.8. The fourth-order valence-electron chi connectivity index (χ4n) is 2.53. The fourth-order valence-corrected chi connectivity index (χ4v) is 2.53. The van der Waals surface area contributed by atoms with Crippen LogP contribution in [0.15, 0.2) is 42.5 Å². The Balaban J connectivity index is 1.90. The third kappa shape index (κ3) is 3.38. The van der Waals surface area contributed by atoms with E-state index in [1.807, 2.05) is 49.4 Å². The van der Waals surface area contributed by atoms with E-state index >= 15 is 0 Å². The summed E-state index contributed by atoms with van der Waals surface area (Å²) in [6.45, 7) is 2.59. The second kappa shape index (κ2) is 7.14. The molecule has 2 aromatic carbocycles. The molecule has 0 spiro atoms. The largest absolute Gasteiger partial charge is 0.494 e. The van der Waals surface area contributed by atoms with Crippen LogP contribution in [-0.4, -0.2) is 36.4 Å². The monoisotopic (exact) mass is 325 g/mol. The number of rotatable bonds is 6. The predicted octanol–water partition coefficient (Wildman–Crippen LogP) is 3.21. The molecular weight excluding hydrogens is 306 g/mol. The Morgan fingerprint density at radius 2 is 2.04 bits per heavy atom. The number of hydrogen-bond acceptors (Lipinski definition) is 4. The van der Waals surface area contributed by atoms with Crippen LogP contribution in [0.5, 0.6) is 5.75 Å². The molecule has 3 aromatic rings. The third-order valence-corrected chi connectivity index (χ3v) is 3.57. The van der Waals surface area contributed by atoms with Gasteiger partial charge in [-0.2, -0.15) is 5.10 Å². The molecule has 24 heavy (non-hydrogen) atoms. The highest BCUT2D eigenvalue weighted by atomic mass is 16.5. The highest BCUT2D eigenvalue weighted by Crippen LogP contribution is 2.29. The van der Waals surface area contributed by atoms with Crippen molar-refractivity contribution in [1.29, 1.82) is 0 Å². The van der Waals surface area contributed by atoms with Crippen molar-refractivity contribution in [1.82, 2.24) is 10.2 Å². The number of anilines is 1. The number of carbonyl (C=O) groups excluding carboxylic acids is 1. The van der Waals surface area contributed by atoms with Gasteiger partial charge in [0.2, 0.25) is 0 Å². The maximum atomic E-state index is 11.6. The van der Waals surface area contributed by atoms with E-state index in [0.717, 1.165) is 27.8 Å². The molecule has 1 heterocycles. The summed E-state index contributed by atoms with van der Waals surface area (Å²) in [6, 6.07) is 13.9. The summed E-state index contributed by atoms with van der Waals surface area (Å²) >= 11 is 0. The molecule has 6 heteroatoms. The first-order valence-corrected chi connectivity index (χ1v) is 7.71. The van der Waals surface area contributed by atoms with E-state index in [0.29, 0.717) is 12.4 Å². The van der Waals surface area contributed by atoms with E-state index in [2.05, 4.69) is 15.5 Å². The van der Waals surface area contributed by atoms with Gasteiger partial charge in [-0.1, -0.05) is 18.2 Å². The Morgan fingerprint density at radius 1 is 1.21 bits per heavy atom. The number of ether oxygens (including phenoxy) is 2. The summed E-state index contributed by atoms with van der Waals surface area (Å²) in [5.41, 5.74) is 2.95. The maximum absolute atomic E-state index is 11.6. The lowest BCUT2D eigenvalue weighted by Gasteiger charge is -2.07. The average molecular weight is 325 g/mol. The van der Waals surface area contributed by atoms with Crippen LogP contribution in [0.25, 0.3) is 22.0 Å². The molecule has 2 N–H and O–H groups in total. The molecule has 3 rings (SSSR count). The topological polar surface area (TPSA) is 76.2 Å². The van der Waals surface area contributed by atoms with E-state index in [1.54, 1.807) is 0 Å². The van der Waals surface area contributed by atoms with Gasteiger partial charge in [0.25, 0.3) is 5.91 Å². The summed E-state index contributed by atoms with van der Waals surface area (Å²) in [7, 11) is 1.48. The smallest absolute Gasteiger partial charge is 0.251 e. The number of aromatic nitrogens is 2. The molecule has 124 valence electrons. The van der Waals surface area contributed by atoms with Gasteiger partial charge in [0, 0.05) is 12.5 Å². The molecule has 0 bridgehead atoms. The molecule has 0 atom stereocenters. The van der Waals surface area contributed by atoms with Gasteiger partial charge in [-0.05, 0) is 42.3 Å². The van der Waals surface area contributed by atoms with E-state index in [9.17, 15) is 4.79 Å². The summed E-state index contributed by atoms with van der Waals surface area (Å²) in [5.74, 6) is 1.10. The lowest BCUT2D eigenvalue weighted by atomic mass is 10.0. The molecule has 0 aliphatic rings. The van der Waals surface area contributed by atoms with Crippen LogP contribution in [0.3, 0.4) is 0 Å². The van der Waals surface area contributed by atoms with Crippen LogP contribution in [0.1, 0.15) is 6.92 Å². The van der Waals surface area contributed by atoms with Crippen molar-refractivity contribution < 1.29 is 14.3 Å². The minimum atomic E-state index is -0.237. The highest BCUT2D eigenvalue weighted by molar-refractivity contribution is 6.01. The maximum Gasteiger partial charge on any atom is 0.251 e. The van der Waals surface area contributed by atoms with Crippen LogP contribution in [0.2, 0.25) is 0 Å². The zero-order valence-corrected chi connectivity index (χ0v) is 13.6. The van der Waals surface area contributed by atoms with E-state index in [1.165, 1.54) is 7.11 Å². The Labute approximate surface area is 139 Å². The standard InChI is InChI=1S/C18H19N3O3/c1-3-24-14-6-4-5-12(9-14)13-7-8-15-16(10-13)20-21-18(15)19-17(22)11-23-2/h4-10H,3,11H2,1-2H3,(H2,19,20,21,22). The number of nitrogens with one attached hydrogen (secondary N) is 2. The number of fused-ring (bicyclic) bond motifs is 1. The zero-order valence-electron chi connectivity index (χ0n) is 13.6. The number of amides is 1. The van der Waals surface area contributed by atoms with Gasteiger partial charge in [0.05, 0.1) is 12.1 Å². The Kier molecular flexibility index (Phi) is 4.77. The summed E-state index contributed by atoms with van der Waals surface area (Å²) in [5, 5.41) is 10.7. The Bertz CT molecular complexity index is 858. The van der Waals surface area contributed by atoms with Crippen molar-refractivity contribution in [2.45, 2.75) is 6.92 Å². The van der Waals surface area contributed by atoms with E-state index in [4.69, 9.17) is 9.47 Å². The second-order valence-electron chi connectivity index (χ2n) is 5.27. The zero-order chi connectivity index (χ0) is 16.9. The fraction of sp³-hybridized carbons (Fsp3) is 0.222. The summed E-state index contributed by atoms with van der Waals surface area (Å²) in [4.78, 5) is 11.6. The first kappa shape index (κ1) is 16.0. The Morgan fingerprint density at radius 3 is 2.83 bits per heavy atom. The van der Waals surface area contributed by atoms with Crippen molar-refractivity contribution in [2.75, 3.05) is 25.6 Å². The van der Waals surface area contributed by atoms with Crippen molar-refractivity contribution in [3.05, 3.63) is 42.5 Å².